The summed E-state index contributed by atoms with van der Waals surface area (Å²) in [5.41, 5.74) is 0. The molecule has 0 saturated heterocycles. The van der Waals surface area contributed by atoms with Crippen LogP contribution in [0.25, 0.3) is 0 Å². The first-order valence-electron chi connectivity index (χ1n) is 2.89. The Balaban J connectivity index is 3.24. The summed E-state index contributed by atoms with van der Waals surface area (Å²) < 4.78 is 2.50. The van der Waals surface area contributed by atoms with Crippen LogP contribution in [-0.2, 0) is 4.79 Å². The molecule has 0 rings (SSSR count). The summed E-state index contributed by atoms with van der Waals surface area (Å²) in [5, 5.41) is 8.21. The van der Waals surface area contributed by atoms with Crippen LogP contribution in [0.2, 0.25) is 0 Å². The molecule has 0 radical (unpaired) electrons. The lowest BCUT2D eigenvalue weighted by molar-refractivity contribution is -0.136. The van der Waals surface area contributed by atoms with Crippen LogP contribution >= 0.6 is 23.7 Å². The van der Waals surface area contributed by atoms with Gasteiger partial charge < -0.3 is 5.11 Å². The first kappa shape index (κ1) is 10.8. The average molecular weight is 195 g/mol. The molecule has 0 aromatic heterocycles. The number of carbonyl (C=O) groups is 2. The maximum absolute atomic E-state index is 10.7. The van der Waals surface area contributed by atoms with Gasteiger partial charge >= 0.3 is 5.97 Å². The first-order chi connectivity index (χ1) is 5.16. The maximum Gasteiger partial charge on any atom is 0.304 e. The fraction of sp³-hybridized carbons (Fsp3) is 0.600. The van der Waals surface area contributed by atoms with Crippen LogP contribution in [0.5, 0.6) is 0 Å². The molecular weight excluding hydrogens is 186 g/mol. The summed E-state index contributed by atoms with van der Waals surface area (Å²) in [5.74, 6) is -0.539. The van der Waals surface area contributed by atoms with Crippen molar-refractivity contribution in [3.05, 3.63) is 0 Å². The van der Waals surface area contributed by atoms with Crippen molar-refractivity contribution in [3.63, 3.8) is 0 Å². The molecule has 64 valence electrons. The van der Waals surface area contributed by atoms with Gasteiger partial charge in [-0.1, -0.05) is 11.8 Å². The van der Waals surface area contributed by atoms with Crippen molar-refractivity contribution in [1.82, 2.24) is 4.72 Å². The number of carboxylic acids is 1. The van der Waals surface area contributed by atoms with E-state index in [9.17, 15) is 9.59 Å². The minimum atomic E-state index is -0.875. The minimum Gasteiger partial charge on any atom is -0.481 e. The smallest absolute Gasteiger partial charge is 0.304 e. The lowest BCUT2D eigenvalue weighted by Gasteiger charge is -1.95. The highest BCUT2D eigenvalue weighted by Crippen LogP contribution is 2.13. The second-order valence-corrected chi connectivity index (χ2v) is 3.86. The average Bonchev–Trinajstić information content (AvgIpc) is 1.87. The van der Waals surface area contributed by atoms with E-state index < -0.39 is 5.97 Å². The second-order valence-electron chi connectivity index (χ2n) is 1.55. The van der Waals surface area contributed by atoms with Crippen molar-refractivity contribution in [2.45, 2.75) is 6.42 Å². The van der Waals surface area contributed by atoms with E-state index >= 15 is 0 Å². The van der Waals surface area contributed by atoms with Crippen molar-refractivity contribution >= 4 is 34.1 Å². The molecule has 0 aliphatic carbocycles. The molecule has 0 unspecified atom stereocenters. The van der Waals surface area contributed by atoms with Crippen molar-refractivity contribution in [2.24, 2.45) is 0 Å². The topological polar surface area (TPSA) is 66.4 Å². The van der Waals surface area contributed by atoms with Gasteiger partial charge in [0.1, 0.15) is 0 Å². The molecule has 0 heterocycles. The number of carbonyl (C=O) groups excluding carboxylic acids is 1. The number of hydrogen-bond acceptors (Lipinski definition) is 5. The number of carboxylic acid groups (broad SMARTS) is 1. The molecule has 0 aliphatic rings. The van der Waals surface area contributed by atoms with Gasteiger partial charge in [0.25, 0.3) is 4.45 Å². The Labute approximate surface area is 73.2 Å². The van der Waals surface area contributed by atoms with Gasteiger partial charge in [-0.05, 0) is 7.05 Å². The van der Waals surface area contributed by atoms with E-state index in [-0.39, 0.29) is 10.9 Å². The molecule has 11 heavy (non-hydrogen) atoms. The fourth-order valence-corrected chi connectivity index (χ4v) is 1.68. The van der Waals surface area contributed by atoms with Crippen molar-refractivity contribution in [1.29, 1.82) is 0 Å². The lowest BCUT2D eigenvalue weighted by atomic mass is 10.5. The molecule has 0 fully saturated rings. The third kappa shape index (κ3) is 7.70. The summed E-state index contributed by atoms with van der Waals surface area (Å²) >= 11 is 1.97. The fourth-order valence-electron chi connectivity index (χ4n) is 0.334. The van der Waals surface area contributed by atoms with Crippen LogP contribution in [-0.4, -0.2) is 28.3 Å². The monoisotopic (exact) mass is 195 g/mol. The standard InChI is InChI=1S/C5H9NO3S2/c1-6-11-5(9)10-3-2-4(7)8/h6H,2-3H2,1H3,(H,7,8). The second kappa shape index (κ2) is 6.51. The summed E-state index contributed by atoms with van der Waals surface area (Å²) in [7, 11) is 1.64. The largest absolute Gasteiger partial charge is 0.481 e. The lowest BCUT2D eigenvalue weighted by Crippen LogP contribution is -2.00. The van der Waals surface area contributed by atoms with E-state index in [0.717, 1.165) is 23.7 Å². The van der Waals surface area contributed by atoms with Crippen LogP contribution in [0.3, 0.4) is 0 Å². The SMILES string of the molecule is CNSC(=O)SCCC(=O)O. The van der Waals surface area contributed by atoms with E-state index in [1.54, 1.807) is 7.05 Å². The minimum absolute atomic E-state index is 0.0285. The molecule has 0 saturated carbocycles. The zero-order valence-corrected chi connectivity index (χ0v) is 7.63. The Kier molecular flexibility index (Phi) is 6.39. The molecule has 0 aliphatic heterocycles. The Hall–Kier alpha value is -0.200. The van der Waals surface area contributed by atoms with Crippen LogP contribution in [0.1, 0.15) is 6.42 Å². The summed E-state index contributed by atoms with van der Waals surface area (Å²) in [6.07, 6.45) is 0.0285. The molecule has 6 heteroatoms. The van der Waals surface area contributed by atoms with E-state index in [0.29, 0.717) is 5.75 Å². The van der Waals surface area contributed by atoms with Crippen molar-refractivity contribution < 1.29 is 14.7 Å². The summed E-state index contributed by atoms with van der Waals surface area (Å²) in [6.45, 7) is 0. The summed E-state index contributed by atoms with van der Waals surface area (Å²) in [6, 6.07) is 0. The molecule has 0 spiro atoms. The van der Waals surface area contributed by atoms with Gasteiger partial charge in [0.05, 0.1) is 6.42 Å². The molecule has 2 N–H and O–H groups in total. The number of rotatable bonds is 4. The number of thioether (sulfide) groups is 1. The molecule has 0 bridgehead atoms. The highest BCUT2D eigenvalue weighted by atomic mass is 32.2. The Morgan fingerprint density at radius 1 is 1.55 bits per heavy atom. The summed E-state index contributed by atoms with van der Waals surface area (Å²) in [4.78, 5) is 20.7. The predicted molar refractivity (Wildman–Crippen MR) is 46.8 cm³/mol. The molecule has 0 amide bonds. The Morgan fingerprint density at radius 3 is 2.64 bits per heavy atom. The highest BCUT2D eigenvalue weighted by Gasteiger charge is 2.03. The zero-order valence-electron chi connectivity index (χ0n) is 5.99. The molecule has 4 nitrogen and oxygen atoms in total. The number of hydrogen-bond donors (Lipinski definition) is 2. The van der Waals surface area contributed by atoms with Gasteiger partial charge in [0, 0.05) is 17.7 Å². The van der Waals surface area contributed by atoms with Crippen LogP contribution in [0.15, 0.2) is 0 Å². The van der Waals surface area contributed by atoms with Gasteiger partial charge in [0.2, 0.25) is 0 Å². The van der Waals surface area contributed by atoms with E-state index in [4.69, 9.17) is 5.11 Å². The molecule has 0 aromatic carbocycles. The third-order valence-corrected chi connectivity index (χ3v) is 2.34. The molecule has 0 aromatic rings. The van der Waals surface area contributed by atoms with Gasteiger partial charge in [0.15, 0.2) is 0 Å². The van der Waals surface area contributed by atoms with Gasteiger partial charge in [-0.25, -0.2) is 0 Å². The maximum atomic E-state index is 10.7. The van der Waals surface area contributed by atoms with Crippen LogP contribution in [0.4, 0.5) is 4.79 Å². The third-order valence-electron chi connectivity index (χ3n) is 0.721. The molecule has 0 atom stereocenters. The van der Waals surface area contributed by atoms with E-state index in [2.05, 4.69) is 4.72 Å². The van der Waals surface area contributed by atoms with Crippen LogP contribution < -0.4 is 4.72 Å². The number of nitrogens with one attached hydrogen (secondary N) is 1. The Bertz CT molecular complexity index is 151. The number of aliphatic carboxylic acids is 1. The normalized spacial score (nSPS) is 9.55. The van der Waals surface area contributed by atoms with Gasteiger partial charge in [-0.3, -0.25) is 14.3 Å². The molecular formula is C5H9NO3S2. The first-order valence-corrected chi connectivity index (χ1v) is 4.69. The highest BCUT2D eigenvalue weighted by molar-refractivity contribution is 8.37. The predicted octanol–water partition coefficient (Wildman–Crippen LogP) is 1.18. The van der Waals surface area contributed by atoms with Crippen molar-refractivity contribution in [2.75, 3.05) is 12.8 Å². The van der Waals surface area contributed by atoms with Gasteiger partial charge in [-0.15, -0.1) is 0 Å². The quantitative estimate of drug-likeness (QED) is 0.657. The van der Waals surface area contributed by atoms with Crippen molar-refractivity contribution in [3.8, 4) is 0 Å². The van der Waals surface area contributed by atoms with E-state index in [1.807, 2.05) is 0 Å². The van der Waals surface area contributed by atoms with E-state index in [1.165, 1.54) is 0 Å². The van der Waals surface area contributed by atoms with Crippen LogP contribution in [0, 0.1) is 0 Å². The van der Waals surface area contributed by atoms with Gasteiger partial charge in [-0.2, -0.15) is 0 Å². The zero-order chi connectivity index (χ0) is 8.69. The Morgan fingerprint density at radius 2 is 2.18 bits per heavy atom.